The van der Waals surface area contributed by atoms with Crippen LogP contribution in [0.5, 0.6) is 5.75 Å². The Balaban J connectivity index is 1.15. The number of aromatic nitrogens is 5. The van der Waals surface area contributed by atoms with Gasteiger partial charge in [-0.05, 0) is 47.5 Å². The Morgan fingerprint density at radius 1 is 0.957 bits per heavy atom. The molecule has 234 valence electrons. The number of carbonyl (C=O) groups is 1. The Hall–Kier alpha value is -6.14. The van der Waals surface area contributed by atoms with Gasteiger partial charge in [0, 0.05) is 36.8 Å². The number of pyridine rings is 3. The Morgan fingerprint density at radius 2 is 1.77 bits per heavy atom. The van der Waals surface area contributed by atoms with Crippen molar-refractivity contribution >= 4 is 23.2 Å². The van der Waals surface area contributed by atoms with Crippen LogP contribution in [0.1, 0.15) is 33.2 Å². The number of aliphatic hydroxyl groups is 1. The first kappa shape index (κ1) is 29.6. The minimum absolute atomic E-state index is 0.0644. The molecule has 1 aliphatic rings. The van der Waals surface area contributed by atoms with Crippen molar-refractivity contribution in [1.82, 2.24) is 30.0 Å². The van der Waals surface area contributed by atoms with Crippen molar-refractivity contribution in [2.75, 3.05) is 24.4 Å². The molecule has 0 saturated carbocycles. The Bertz CT molecular complexity index is 2000. The van der Waals surface area contributed by atoms with Crippen LogP contribution < -0.4 is 15.4 Å². The zero-order valence-electron chi connectivity index (χ0n) is 25.4. The number of methoxy groups -OCH3 is 1. The van der Waals surface area contributed by atoms with Crippen LogP contribution in [0.15, 0.2) is 108 Å². The summed E-state index contributed by atoms with van der Waals surface area (Å²) in [5.74, 6) is 2.39. The van der Waals surface area contributed by atoms with E-state index in [4.69, 9.17) is 14.2 Å². The molecule has 1 amide bonds. The summed E-state index contributed by atoms with van der Waals surface area (Å²) in [5, 5.41) is 21.1. The second-order valence-corrected chi connectivity index (χ2v) is 10.9. The van der Waals surface area contributed by atoms with Gasteiger partial charge in [-0.15, -0.1) is 0 Å². The number of hydrogen-bond donors (Lipinski definition) is 3. The van der Waals surface area contributed by atoms with Gasteiger partial charge in [-0.25, -0.2) is 9.97 Å². The minimum Gasteiger partial charge on any atom is -0.497 e. The number of benzene rings is 2. The first-order valence-corrected chi connectivity index (χ1v) is 14.9. The molecule has 47 heavy (non-hydrogen) atoms. The lowest BCUT2D eigenvalue weighted by Gasteiger charge is -2.20. The maximum Gasteiger partial charge on any atom is 0.261 e. The fourth-order valence-electron chi connectivity index (χ4n) is 5.39. The second-order valence-electron chi connectivity index (χ2n) is 10.9. The number of ether oxygens (including phenoxy) is 1. The molecule has 2 aromatic carbocycles. The molecule has 12 heteroatoms. The van der Waals surface area contributed by atoms with E-state index in [9.17, 15) is 9.90 Å². The lowest BCUT2D eigenvalue weighted by Crippen LogP contribution is -2.23. The summed E-state index contributed by atoms with van der Waals surface area (Å²) in [7, 11) is 1.62. The van der Waals surface area contributed by atoms with Gasteiger partial charge in [0.1, 0.15) is 17.4 Å². The Labute approximate surface area is 270 Å². The van der Waals surface area contributed by atoms with E-state index in [-0.39, 0.29) is 18.4 Å². The van der Waals surface area contributed by atoms with Gasteiger partial charge in [-0.2, -0.15) is 4.98 Å². The molecular weight excluding hydrogens is 596 g/mol. The van der Waals surface area contributed by atoms with Crippen LogP contribution >= 0.6 is 0 Å². The molecule has 0 saturated heterocycles. The van der Waals surface area contributed by atoms with E-state index < -0.39 is 6.04 Å². The number of aliphatic hydroxyl groups excluding tert-OH is 1. The molecule has 1 atom stereocenters. The first-order valence-electron chi connectivity index (χ1n) is 14.9. The highest BCUT2D eigenvalue weighted by atomic mass is 16.5. The summed E-state index contributed by atoms with van der Waals surface area (Å²) < 4.78 is 10.9. The summed E-state index contributed by atoms with van der Waals surface area (Å²) in [4.78, 5) is 32.9. The summed E-state index contributed by atoms with van der Waals surface area (Å²) in [6.07, 6.45) is 4.95. The molecule has 3 N–H and O–H groups in total. The molecular formula is C35H30N8O4. The first-order chi connectivity index (χ1) is 23.1. The van der Waals surface area contributed by atoms with Crippen molar-refractivity contribution in [3.63, 3.8) is 0 Å². The van der Waals surface area contributed by atoms with E-state index in [2.05, 4.69) is 30.7 Å². The normalized spacial score (nSPS) is 12.9. The van der Waals surface area contributed by atoms with E-state index in [1.807, 2.05) is 54.6 Å². The van der Waals surface area contributed by atoms with Crippen molar-refractivity contribution < 1.29 is 19.2 Å². The molecule has 1 aliphatic heterocycles. The summed E-state index contributed by atoms with van der Waals surface area (Å²) in [6, 6.07) is 25.8. The standard InChI is InChI=1S/C35H30N8O4/c1-46-25-9-7-22(8-10-25)19-43-20-29-26(35(43)45)11-12-31(39-29)40-32-17-28(38-30(21-44)23-5-3-2-4-6-23)27(18-37-32)34-41-33(42-47-34)24-13-15-36-16-14-24/h2-18,30,44H,19-21H2,1H3,(H2,37,38,39,40)/t30-/m1/s1. The Kier molecular flexibility index (Phi) is 8.22. The highest BCUT2D eigenvalue weighted by molar-refractivity contribution is 5.98. The maximum absolute atomic E-state index is 13.1. The average Bonchev–Trinajstić information content (AvgIpc) is 3.73. The van der Waals surface area contributed by atoms with E-state index in [0.29, 0.717) is 53.1 Å². The second kappa shape index (κ2) is 13.1. The molecule has 0 unspecified atom stereocenters. The predicted molar refractivity (Wildman–Crippen MR) is 175 cm³/mol. The molecule has 0 aliphatic carbocycles. The van der Waals surface area contributed by atoms with Crippen molar-refractivity contribution in [1.29, 1.82) is 0 Å². The molecule has 0 spiro atoms. The number of carbonyl (C=O) groups excluding carboxylic acids is 1. The van der Waals surface area contributed by atoms with Gasteiger partial charge in [0.25, 0.3) is 11.8 Å². The number of nitrogens with zero attached hydrogens (tertiary/aromatic N) is 6. The van der Waals surface area contributed by atoms with Gasteiger partial charge in [-0.1, -0.05) is 47.6 Å². The quantitative estimate of drug-likeness (QED) is 0.164. The van der Waals surface area contributed by atoms with E-state index in [0.717, 1.165) is 22.4 Å². The molecule has 0 bridgehead atoms. The Morgan fingerprint density at radius 3 is 2.53 bits per heavy atom. The third-order valence-electron chi connectivity index (χ3n) is 7.83. The smallest absolute Gasteiger partial charge is 0.261 e. The van der Waals surface area contributed by atoms with Crippen molar-refractivity contribution in [2.24, 2.45) is 0 Å². The molecule has 7 rings (SSSR count). The summed E-state index contributed by atoms with van der Waals surface area (Å²) in [6.45, 7) is 0.696. The van der Waals surface area contributed by atoms with Crippen molar-refractivity contribution in [3.8, 4) is 28.6 Å². The van der Waals surface area contributed by atoms with Crippen molar-refractivity contribution in [3.05, 3.63) is 126 Å². The van der Waals surface area contributed by atoms with E-state index >= 15 is 0 Å². The highest BCUT2D eigenvalue weighted by Gasteiger charge is 2.29. The lowest BCUT2D eigenvalue weighted by molar-refractivity contribution is 0.0766. The van der Waals surface area contributed by atoms with E-state index in [1.165, 1.54) is 0 Å². The SMILES string of the molecule is COc1ccc(CN2Cc3nc(Nc4cc(N[C@H](CO)c5ccccc5)c(-c5nc(-c6ccncc6)no5)cn4)ccc3C2=O)cc1. The monoisotopic (exact) mass is 626 g/mol. The van der Waals surface area contributed by atoms with E-state index in [1.54, 1.807) is 60.9 Å². The fourth-order valence-corrected chi connectivity index (χ4v) is 5.39. The zero-order chi connectivity index (χ0) is 32.2. The predicted octanol–water partition coefficient (Wildman–Crippen LogP) is 5.64. The molecule has 6 aromatic rings. The van der Waals surface area contributed by atoms with Gasteiger partial charge in [0.15, 0.2) is 0 Å². The average molecular weight is 627 g/mol. The van der Waals surface area contributed by atoms with Crippen molar-refractivity contribution in [2.45, 2.75) is 19.1 Å². The summed E-state index contributed by atoms with van der Waals surface area (Å²) in [5.41, 5.74) is 5.08. The third-order valence-corrected chi connectivity index (χ3v) is 7.83. The number of hydrogen-bond acceptors (Lipinski definition) is 11. The van der Waals surface area contributed by atoms with Gasteiger partial charge in [0.05, 0.1) is 48.8 Å². The fraction of sp³-hybridized carbons (Fsp3) is 0.143. The molecule has 0 radical (unpaired) electrons. The molecule has 5 heterocycles. The maximum atomic E-state index is 13.1. The molecule has 4 aromatic heterocycles. The number of fused-ring (bicyclic) bond motifs is 1. The van der Waals surface area contributed by atoms with Crippen LogP contribution in [0.3, 0.4) is 0 Å². The number of rotatable bonds is 11. The van der Waals surface area contributed by atoms with Crippen LogP contribution in [-0.2, 0) is 13.1 Å². The van der Waals surface area contributed by atoms with Crippen LogP contribution in [-0.4, -0.2) is 54.7 Å². The number of nitrogens with one attached hydrogen (secondary N) is 2. The van der Waals surface area contributed by atoms with Gasteiger partial charge in [0.2, 0.25) is 5.82 Å². The highest BCUT2D eigenvalue weighted by Crippen LogP contribution is 2.33. The van der Waals surface area contributed by atoms with Crippen LogP contribution in [0.4, 0.5) is 17.3 Å². The van der Waals surface area contributed by atoms with Gasteiger partial charge < -0.3 is 29.9 Å². The number of amides is 1. The minimum atomic E-state index is -0.423. The molecule has 12 nitrogen and oxygen atoms in total. The largest absolute Gasteiger partial charge is 0.497 e. The number of anilines is 3. The molecule has 0 fully saturated rings. The van der Waals surface area contributed by atoms with Gasteiger partial charge >= 0.3 is 0 Å². The van der Waals surface area contributed by atoms with Crippen LogP contribution in [0.2, 0.25) is 0 Å². The van der Waals surface area contributed by atoms with Crippen LogP contribution in [0.25, 0.3) is 22.8 Å². The lowest BCUT2D eigenvalue weighted by atomic mass is 10.1. The van der Waals surface area contributed by atoms with Crippen LogP contribution in [0, 0.1) is 0 Å². The third kappa shape index (κ3) is 6.35. The summed E-state index contributed by atoms with van der Waals surface area (Å²) >= 11 is 0. The topological polar surface area (TPSA) is 151 Å². The van der Waals surface area contributed by atoms with Gasteiger partial charge in [-0.3, -0.25) is 9.78 Å². The zero-order valence-corrected chi connectivity index (χ0v) is 25.4.